The quantitative estimate of drug-likeness (QED) is 0.854. The summed E-state index contributed by atoms with van der Waals surface area (Å²) in [5, 5.41) is 13.1. The Morgan fingerprint density at radius 2 is 1.95 bits per heavy atom. The molecule has 1 aliphatic carbocycles. The van der Waals surface area contributed by atoms with Gasteiger partial charge in [-0.1, -0.05) is 36.4 Å². The number of nitrogens with one attached hydrogen (secondary N) is 1. The first-order valence-electron chi connectivity index (χ1n) is 7.34. The molecule has 0 bridgehead atoms. The van der Waals surface area contributed by atoms with Crippen molar-refractivity contribution in [3.05, 3.63) is 65.2 Å². The Kier molecular flexibility index (Phi) is 3.75. The maximum Gasteiger partial charge on any atom is 0.115 e. The van der Waals surface area contributed by atoms with E-state index in [2.05, 4.69) is 36.5 Å². The van der Waals surface area contributed by atoms with Crippen molar-refractivity contribution in [3.8, 4) is 5.75 Å². The van der Waals surface area contributed by atoms with E-state index >= 15 is 0 Å². The molecular formula is C18H21NO. The summed E-state index contributed by atoms with van der Waals surface area (Å²) in [6, 6.07) is 16.4. The van der Waals surface area contributed by atoms with Gasteiger partial charge in [0.1, 0.15) is 5.75 Å². The Morgan fingerprint density at radius 1 is 1.15 bits per heavy atom. The minimum Gasteiger partial charge on any atom is -0.508 e. The molecule has 1 fully saturated rings. The first kappa shape index (κ1) is 13.2. The molecule has 1 atom stereocenters. The van der Waals surface area contributed by atoms with Gasteiger partial charge in [-0.25, -0.2) is 0 Å². The van der Waals surface area contributed by atoms with Crippen molar-refractivity contribution in [2.45, 2.75) is 38.3 Å². The van der Waals surface area contributed by atoms with Gasteiger partial charge in [-0.3, -0.25) is 0 Å². The highest BCUT2D eigenvalue weighted by atomic mass is 16.3. The summed E-state index contributed by atoms with van der Waals surface area (Å²) in [7, 11) is 0. The fraction of sp³-hybridized carbons (Fsp3) is 0.333. The molecule has 1 aliphatic rings. The number of aromatic hydroxyl groups is 1. The fourth-order valence-corrected chi connectivity index (χ4v) is 2.66. The zero-order valence-corrected chi connectivity index (χ0v) is 11.8. The second kappa shape index (κ2) is 5.68. The van der Waals surface area contributed by atoms with Crippen LogP contribution in [0.2, 0.25) is 0 Å². The molecule has 2 aromatic carbocycles. The van der Waals surface area contributed by atoms with Crippen molar-refractivity contribution in [2.24, 2.45) is 0 Å². The standard InChI is InChI=1S/C18H21NO/c1-13(15-6-4-7-17(20)11-15)19-12-16-5-2-3-8-18(16)14-9-10-14/h2-8,11,13-14,19-20H,9-10,12H2,1H3. The normalized spacial score (nSPS) is 16.1. The van der Waals surface area contributed by atoms with Crippen LogP contribution in [0.1, 0.15) is 48.4 Å². The summed E-state index contributed by atoms with van der Waals surface area (Å²) < 4.78 is 0. The summed E-state index contributed by atoms with van der Waals surface area (Å²) in [5.74, 6) is 1.11. The highest BCUT2D eigenvalue weighted by Crippen LogP contribution is 2.41. The van der Waals surface area contributed by atoms with Crippen LogP contribution in [0, 0.1) is 0 Å². The van der Waals surface area contributed by atoms with Gasteiger partial charge in [0, 0.05) is 12.6 Å². The molecule has 0 spiro atoms. The van der Waals surface area contributed by atoms with Crippen LogP contribution < -0.4 is 5.32 Å². The molecule has 0 radical (unpaired) electrons. The maximum absolute atomic E-state index is 9.54. The largest absolute Gasteiger partial charge is 0.508 e. The fourth-order valence-electron chi connectivity index (χ4n) is 2.66. The third-order valence-corrected chi connectivity index (χ3v) is 4.04. The maximum atomic E-state index is 9.54. The molecule has 0 aliphatic heterocycles. The van der Waals surface area contributed by atoms with Crippen LogP contribution in [-0.2, 0) is 6.54 Å². The van der Waals surface area contributed by atoms with Crippen LogP contribution in [0.3, 0.4) is 0 Å². The van der Waals surface area contributed by atoms with E-state index < -0.39 is 0 Å². The Bertz CT molecular complexity index is 589. The van der Waals surface area contributed by atoms with Gasteiger partial charge in [0.15, 0.2) is 0 Å². The van der Waals surface area contributed by atoms with E-state index in [1.54, 1.807) is 6.07 Å². The monoisotopic (exact) mass is 267 g/mol. The van der Waals surface area contributed by atoms with Crippen molar-refractivity contribution in [3.63, 3.8) is 0 Å². The summed E-state index contributed by atoms with van der Waals surface area (Å²) >= 11 is 0. The molecule has 104 valence electrons. The van der Waals surface area contributed by atoms with E-state index in [0.29, 0.717) is 5.75 Å². The molecule has 1 unspecified atom stereocenters. The van der Waals surface area contributed by atoms with Crippen molar-refractivity contribution in [1.82, 2.24) is 5.32 Å². The molecule has 20 heavy (non-hydrogen) atoms. The van der Waals surface area contributed by atoms with Gasteiger partial charge < -0.3 is 10.4 Å². The van der Waals surface area contributed by atoms with Gasteiger partial charge >= 0.3 is 0 Å². The number of phenolic OH excluding ortho intramolecular Hbond substituents is 1. The van der Waals surface area contributed by atoms with E-state index in [0.717, 1.165) is 18.0 Å². The van der Waals surface area contributed by atoms with Gasteiger partial charge in [0.2, 0.25) is 0 Å². The lowest BCUT2D eigenvalue weighted by molar-refractivity contribution is 0.472. The number of phenols is 1. The average Bonchev–Trinajstić information content (AvgIpc) is 3.29. The summed E-state index contributed by atoms with van der Waals surface area (Å²) in [6.07, 6.45) is 2.66. The Labute approximate surface area is 120 Å². The first-order chi connectivity index (χ1) is 9.74. The molecular weight excluding hydrogens is 246 g/mol. The van der Waals surface area contributed by atoms with Gasteiger partial charge in [0.25, 0.3) is 0 Å². The lowest BCUT2D eigenvalue weighted by atomic mass is 10.0. The lowest BCUT2D eigenvalue weighted by Crippen LogP contribution is -2.18. The molecule has 2 nitrogen and oxygen atoms in total. The molecule has 0 amide bonds. The van der Waals surface area contributed by atoms with Crippen molar-refractivity contribution < 1.29 is 5.11 Å². The van der Waals surface area contributed by atoms with Crippen LogP contribution in [0.4, 0.5) is 0 Å². The number of rotatable bonds is 5. The van der Waals surface area contributed by atoms with Crippen molar-refractivity contribution in [2.75, 3.05) is 0 Å². The zero-order valence-electron chi connectivity index (χ0n) is 11.8. The van der Waals surface area contributed by atoms with Gasteiger partial charge in [-0.2, -0.15) is 0 Å². The van der Waals surface area contributed by atoms with E-state index in [-0.39, 0.29) is 6.04 Å². The van der Waals surface area contributed by atoms with Crippen LogP contribution in [0.15, 0.2) is 48.5 Å². The molecule has 0 saturated heterocycles. The molecule has 0 aromatic heterocycles. The molecule has 3 rings (SSSR count). The predicted octanol–water partition coefficient (Wildman–Crippen LogP) is 4.12. The topological polar surface area (TPSA) is 32.3 Å². The summed E-state index contributed by atoms with van der Waals surface area (Å²) in [5.41, 5.74) is 4.03. The van der Waals surface area contributed by atoms with Crippen LogP contribution in [0.5, 0.6) is 5.75 Å². The second-order valence-corrected chi connectivity index (χ2v) is 5.67. The van der Waals surface area contributed by atoms with Crippen molar-refractivity contribution in [1.29, 1.82) is 0 Å². The average molecular weight is 267 g/mol. The number of hydrogen-bond donors (Lipinski definition) is 2. The highest BCUT2D eigenvalue weighted by molar-refractivity contribution is 5.34. The molecule has 1 saturated carbocycles. The smallest absolute Gasteiger partial charge is 0.115 e. The third kappa shape index (κ3) is 3.02. The van der Waals surface area contributed by atoms with E-state index in [1.807, 2.05) is 18.2 Å². The minimum atomic E-state index is 0.231. The van der Waals surface area contributed by atoms with Crippen molar-refractivity contribution >= 4 is 0 Å². The van der Waals surface area contributed by atoms with Crippen LogP contribution in [0.25, 0.3) is 0 Å². The molecule has 0 heterocycles. The second-order valence-electron chi connectivity index (χ2n) is 5.67. The SMILES string of the molecule is CC(NCc1ccccc1C1CC1)c1cccc(O)c1. The van der Waals surface area contributed by atoms with Gasteiger partial charge in [0.05, 0.1) is 0 Å². The predicted molar refractivity (Wildman–Crippen MR) is 81.8 cm³/mol. The minimum absolute atomic E-state index is 0.231. The Morgan fingerprint density at radius 3 is 2.70 bits per heavy atom. The third-order valence-electron chi connectivity index (χ3n) is 4.04. The van der Waals surface area contributed by atoms with Gasteiger partial charge in [-0.15, -0.1) is 0 Å². The molecule has 2 N–H and O–H groups in total. The van der Waals surface area contributed by atoms with E-state index in [4.69, 9.17) is 0 Å². The van der Waals surface area contributed by atoms with Crippen LogP contribution >= 0.6 is 0 Å². The Balaban J connectivity index is 1.67. The summed E-state index contributed by atoms with van der Waals surface area (Å²) in [6.45, 7) is 3.01. The Hall–Kier alpha value is -1.80. The number of hydrogen-bond acceptors (Lipinski definition) is 2. The zero-order chi connectivity index (χ0) is 13.9. The van der Waals surface area contributed by atoms with E-state index in [9.17, 15) is 5.11 Å². The lowest BCUT2D eigenvalue weighted by Gasteiger charge is -2.16. The van der Waals surface area contributed by atoms with E-state index in [1.165, 1.54) is 24.0 Å². The first-order valence-corrected chi connectivity index (χ1v) is 7.34. The highest BCUT2D eigenvalue weighted by Gasteiger charge is 2.25. The summed E-state index contributed by atoms with van der Waals surface area (Å²) in [4.78, 5) is 0. The van der Waals surface area contributed by atoms with Gasteiger partial charge in [-0.05, 0) is 54.5 Å². The number of benzene rings is 2. The molecule has 2 heteroatoms. The van der Waals surface area contributed by atoms with Crippen LogP contribution in [-0.4, -0.2) is 5.11 Å². The molecule has 2 aromatic rings.